The summed E-state index contributed by atoms with van der Waals surface area (Å²) >= 11 is 1.74. The van der Waals surface area contributed by atoms with Crippen molar-refractivity contribution in [1.29, 1.82) is 0 Å². The lowest BCUT2D eigenvalue weighted by Gasteiger charge is -2.04. The van der Waals surface area contributed by atoms with Crippen molar-refractivity contribution in [2.24, 2.45) is 5.73 Å². The Balaban J connectivity index is 1.94. The van der Waals surface area contributed by atoms with Crippen molar-refractivity contribution in [3.63, 3.8) is 0 Å². The molecule has 3 aromatic rings. The van der Waals surface area contributed by atoms with Crippen LogP contribution in [0.25, 0.3) is 22.4 Å². The average Bonchev–Trinajstić information content (AvgIpc) is 2.89. The summed E-state index contributed by atoms with van der Waals surface area (Å²) in [6, 6.07) is 19.0. The summed E-state index contributed by atoms with van der Waals surface area (Å²) in [5.74, 6) is 0. The zero-order valence-electron chi connectivity index (χ0n) is 12.0. The fourth-order valence-corrected chi connectivity index (χ4v) is 3.42. The molecule has 1 aromatic heterocycles. The number of aryl methyl sites for hydroxylation is 1. The third kappa shape index (κ3) is 3.04. The second-order valence-corrected chi connectivity index (χ2v) is 6.27. The van der Waals surface area contributed by atoms with Crippen molar-refractivity contribution in [2.45, 2.75) is 13.3 Å². The standard InChI is InChI=1S/C18H18N2S/c1-13-20-18(17(21-13)11-12-19)16-9-7-15(8-10-16)14-5-3-2-4-6-14/h2-10H,11-12,19H2,1H3. The number of hydrogen-bond donors (Lipinski definition) is 1. The van der Waals surface area contributed by atoms with Crippen LogP contribution in [0.3, 0.4) is 0 Å². The van der Waals surface area contributed by atoms with Crippen molar-refractivity contribution in [3.05, 3.63) is 64.5 Å². The second kappa shape index (κ2) is 6.20. The highest BCUT2D eigenvalue weighted by Crippen LogP contribution is 2.30. The molecule has 0 saturated heterocycles. The smallest absolute Gasteiger partial charge is 0.0904 e. The molecule has 0 atom stereocenters. The van der Waals surface area contributed by atoms with Gasteiger partial charge in [-0.15, -0.1) is 11.3 Å². The first kappa shape index (κ1) is 14.0. The molecule has 0 aliphatic carbocycles. The van der Waals surface area contributed by atoms with Crippen LogP contribution >= 0.6 is 11.3 Å². The van der Waals surface area contributed by atoms with Crippen LogP contribution in [-0.4, -0.2) is 11.5 Å². The summed E-state index contributed by atoms with van der Waals surface area (Å²) in [6.45, 7) is 2.71. The Labute approximate surface area is 129 Å². The molecule has 0 amide bonds. The van der Waals surface area contributed by atoms with Gasteiger partial charge in [0, 0.05) is 10.4 Å². The zero-order valence-corrected chi connectivity index (χ0v) is 12.9. The normalized spacial score (nSPS) is 10.8. The van der Waals surface area contributed by atoms with E-state index in [1.807, 2.05) is 13.0 Å². The highest BCUT2D eigenvalue weighted by Gasteiger charge is 2.10. The van der Waals surface area contributed by atoms with Crippen molar-refractivity contribution in [1.82, 2.24) is 4.98 Å². The molecule has 2 aromatic carbocycles. The Bertz CT molecular complexity index is 715. The van der Waals surface area contributed by atoms with Crippen LogP contribution < -0.4 is 5.73 Å². The van der Waals surface area contributed by atoms with Crippen molar-refractivity contribution in [2.75, 3.05) is 6.54 Å². The molecular formula is C18H18N2S. The van der Waals surface area contributed by atoms with Gasteiger partial charge in [0.25, 0.3) is 0 Å². The number of nitrogens with two attached hydrogens (primary N) is 1. The van der Waals surface area contributed by atoms with Crippen molar-refractivity contribution in [3.8, 4) is 22.4 Å². The van der Waals surface area contributed by atoms with E-state index in [1.165, 1.54) is 21.6 Å². The number of rotatable bonds is 4. The van der Waals surface area contributed by atoms with E-state index in [1.54, 1.807) is 11.3 Å². The van der Waals surface area contributed by atoms with Crippen LogP contribution in [0.4, 0.5) is 0 Å². The molecule has 0 bridgehead atoms. The quantitative estimate of drug-likeness (QED) is 0.779. The Morgan fingerprint density at radius 1 is 0.905 bits per heavy atom. The molecule has 2 N–H and O–H groups in total. The summed E-state index contributed by atoms with van der Waals surface area (Å²) in [6.07, 6.45) is 0.890. The maximum Gasteiger partial charge on any atom is 0.0904 e. The summed E-state index contributed by atoms with van der Waals surface area (Å²) in [5, 5.41) is 1.10. The SMILES string of the molecule is Cc1nc(-c2ccc(-c3ccccc3)cc2)c(CCN)s1. The number of thiazole rings is 1. The van der Waals surface area contributed by atoms with E-state index in [9.17, 15) is 0 Å². The lowest BCUT2D eigenvalue weighted by molar-refractivity contribution is 0.986. The molecule has 0 radical (unpaired) electrons. The van der Waals surface area contributed by atoms with Crippen LogP contribution in [0, 0.1) is 6.92 Å². The van der Waals surface area contributed by atoms with Crippen molar-refractivity contribution >= 4 is 11.3 Å². The van der Waals surface area contributed by atoms with Crippen molar-refractivity contribution < 1.29 is 0 Å². The first-order valence-corrected chi connectivity index (χ1v) is 7.92. The minimum Gasteiger partial charge on any atom is -0.330 e. The molecule has 0 aliphatic heterocycles. The first-order valence-electron chi connectivity index (χ1n) is 7.10. The molecule has 2 nitrogen and oxygen atoms in total. The van der Waals surface area contributed by atoms with E-state index in [0.29, 0.717) is 6.54 Å². The van der Waals surface area contributed by atoms with Crippen LogP contribution in [-0.2, 0) is 6.42 Å². The van der Waals surface area contributed by atoms with E-state index >= 15 is 0 Å². The highest BCUT2D eigenvalue weighted by atomic mass is 32.1. The van der Waals surface area contributed by atoms with Gasteiger partial charge in [0.05, 0.1) is 10.7 Å². The van der Waals surface area contributed by atoms with Gasteiger partial charge in [-0.3, -0.25) is 0 Å². The zero-order chi connectivity index (χ0) is 14.7. The van der Waals surface area contributed by atoms with Gasteiger partial charge < -0.3 is 5.73 Å². The van der Waals surface area contributed by atoms with E-state index < -0.39 is 0 Å². The van der Waals surface area contributed by atoms with Gasteiger partial charge in [-0.05, 0) is 31.0 Å². The Morgan fingerprint density at radius 3 is 2.19 bits per heavy atom. The van der Waals surface area contributed by atoms with Gasteiger partial charge in [0.2, 0.25) is 0 Å². The molecule has 0 spiro atoms. The summed E-state index contributed by atoms with van der Waals surface area (Å²) in [5.41, 5.74) is 10.4. The lowest BCUT2D eigenvalue weighted by atomic mass is 10.0. The molecule has 0 saturated carbocycles. The largest absolute Gasteiger partial charge is 0.330 e. The highest BCUT2D eigenvalue weighted by molar-refractivity contribution is 7.12. The minimum absolute atomic E-state index is 0.663. The average molecular weight is 294 g/mol. The van der Waals surface area contributed by atoms with Gasteiger partial charge >= 0.3 is 0 Å². The third-order valence-corrected chi connectivity index (χ3v) is 4.47. The summed E-state index contributed by atoms with van der Waals surface area (Å²) in [7, 11) is 0. The Kier molecular flexibility index (Phi) is 4.13. The predicted octanol–water partition coefficient (Wildman–Crippen LogP) is 4.29. The van der Waals surface area contributed by atoms with Crippen LogP contribution in [0.1, 0.15) is 9.88 Å². The third-order valence-electron chi connectivity index (χ3n) is 3.44. The first-order chi connectivity index (χ1) is 10.3. The Morgan fingerprint density at radius 2 is 1.52 bits per heavy atom. The lowest BCUT2D eigenvalue weighted by Crippen LogP contribution is -2.02. The number of nitrogens with zero attached hydrogens (tertiary/aromatic N) is 1. The van der Waals surface area contributed by atoms with E-state index in [4.69, 9.17) is 5.73 Å². The fraction of sp³-hybridized carbons (Fsp3) is 0.167. The van der Waals surface area contributed by atoms with Gasteiger partial charge in [-0.2, -0.15) is 0 Å². The molecule has 1 heterocycles. The molecule has 0 unspecified atom stereocenters. The second-order valence-electron chi connectivity index (χ2n) is 4.99. The van der Waals surface area contributed by atoms with E-state index in [2.05, 4.69) is 53.5 Å². The topological polar surface area (TPSA) is 38.9 Å². The molecule has 0 fully saturated rings. The van der Waals surface area contributed by atoms with Crippen LogP contribution in [0.5, 0.6) is 0 Å². The number of hydrogen-bond acceptors (Lipinski definition) is 3. The molecule has 21 heavy (non-hydrogen) atoms. The van der Waals surface area contributed by atoms with Crippen LogP contribution in [0.15, 0.2) is 54.6 Å². The summed E-state index contributed by atoms with van der Waals surface area (Å²) in [4.78, 5) is 5.94. The van der Waals surface area contributed by atoms with Crippen LogP contribution in [0.2, 0.25) is 0 Å². The molecule has 3 heteroatoms. The fourth-order valence-electron chi connectivity index (χ4n) is 2.45. The Hall–Kier alpha value is -1.97. The number of aromatic nitrogens is 1. The van der Waals surface area contributed by atoms with E-state index in [0.717, 1.165) is 17.1 Å². The molecular weight excluding hydrogens is 276 g/mol. The molecule has 106 valence electrons. The van der Waals surface area contributed by atoms with Gasteiger partial charge in [0.1, 0.15) is 0 Å². The van der Waals surface area contributed by atoms with Gasteiger partial charge in [-0.1, -0.05) is 54.6 Å². The van der Waals surface area contributed by atoms with Gasteiger partial charge in [-0.25, -0.2) is 4.98 Å². The minimum atomic E-state index is 0.663. The monoisotopic (exact) mass is 294 g/mol. The maximum atomic E-state index is 5.70. The number of benzene rings is 2. The molecule has 0 aliphatic rings. The van der Waals surface area contributed by atoms with E-state index in [-0.39, 0.29) is 0 Å². The molecule has 3 rings (SSSR count). The maximum absolute atomic E-state index is 5.70. The predicted molar refractivity (Wildman–Crippen MR) is 90.5 cm³/mol. The summed E-state index contributed by atoms with van der Waals surface area (Å²) < 4.78 is 0. The van der Waals surface area contributed by atoms with Gasteiger partial charge in [0.15, 0.2) is 0 Å².